The molecule has 0 rings (SSSR count). The van der Waals surface area contributed by atoms with E-state index in [-0.39, 0.29) is 0 Å². The summed E-state index contributed by atoms with van der Waals surface area (Å²) in [5.41, 5.74) is 0. The molecule has 0 aliphatic rings. The topological polar surface area (TPSA) is 211 Å². The van der Waals surface area contributed by atoms with E-state index in [1.54, 1.807) is 0 Å². The second kappa shape index (κ2) is 17.3. The first kappa shape index (κ1) is 25.2. The molecule has 0 aromatic heterocycles. The van der Waals surface area contributed by atoms with Crippen LogP contribution in [0.3, 0.4) is 0 Å². The van der Waals surface area contributed by atoms with Gasteiger partial charge in [0.25, 0.3) is 0 Å². The number of hydrogen-bond donors (Lipinski definition) is 5. The van der Waals surface area contributed by atoms with Crippen LogP contribution in [0.15, 0.2) is 8.80 Å². The third kappa shape index (κ3) is 54.6. The summed E-state index contributed by atoms with van der Waals surface area (Å²) in [5.74, 6) is -3.65. The summed E-state index contributed by atoms with van der Waals surface area (Å²) < 4.78 is 15.2. The van der Waals surface area contributed by atoms with Gasteiger partial charge in [0.2, 0.25) is 12.2 Å². The fourth-order valence-electron chi connectivity index (χ4n) is 0.0857. The SMILES string of the molecule is O=C(O)C(=O)O.O=C=NSSSSN=C=O.O=P(O)(O)O. The molecule has 0 bridgehead atoms. The van der Waals surface area contributed by atoms with Crippen molar-refractivity contribution in [2.75, 3.05) is 0 Å². The maximum atomic E-state index is 9.47. The molecule has 0 aromatic carbocycles. The average Bonchev–Trinajstić information content (AvgIpc) is 2.32. The molecule has 0 aromatic rings. The van der Waals surface area contributed by atoms with Gasteiger partial charge >= 0.3 is 19.8 Å². The van der Waals surface area contributed by atoms with Crippen molar-refractivity contribution < 1.29 is 48.6 Å². The summed E-state index contributed by atoms with van der Waals surface area (Å²) in [7, 11) is -0.266. The van der Waals surface area contributed by atoms with E-state index < -0.39 is 19.8 Å². The zero-order chi connectivity index (χ0) is 17.3. The van der Waals surface area contributed by atoms with Crippen molar-refractivity contribution in [3.05, 3.63) is 0 Å². The van der Waals surface area contributed by atoms with Crippen LogP contribution in [0.25, 0.3) is 0 Å². The highest BCUT2D eigenvalue weighted by molar-refractivity contribution is 9.25. The Morgan fingerprint density at radius 3 is 1.24 bits per heavy atom. The third-order valence-corrected chi connectivity index (χ3v) is 4.97. The van der Waals surface area contributed by atoms with Crippen LogP contribution < -0.4 is 0 Å². The van der Waals surface area contributed by atoms with Gasteiger partial charge in [0.15, 0.2) is 0 Å². The van der Waals surface area contributed by atoms with Gasteiger partial charge in [-0.15, -0.1) is 8.80 Å². The molecule has 0 aliphatic heterocycles. The van der Waals surface area contributed by atoms with Gasteiger partial charge in [-0.2, -0.15) is 0 Å². The molecule has 0 heterocycles. The maximum absolute atomic E-state index is 9.47. The van der Waals surface area contributed by atoms with Crippen LogP contribution in [0.2, 0.25) is 0 Å². The number of phosphoric acid groups is 1. The fraction of sp³-hybridized carbons (Fsp3) is 0. The van der Waals surface area contributed by atoms with E-state index in [2.05, 4.69) is 8.80 Å². The normalized spacial score (nSPS) is 8.52. The standard InChI is InChI=1S/C2N2O2S4.C2H2O4.H3O4P/c5-1-3-7-9-10-8-4-2-6;3-1(4)2(5)6;1-5(2,3)4/h;(H,3,4)(H,5,6);(H3,1,2,3,4). The summed E-state index contributed by atoms with van der Waals surface area (Å²) in [4.78, 5) is 58.7. The molecule has 0 amide bonds. The quantitative estimate of drug-likeness (QED) is 0.0803. The smallest absolute Gasteiger partial charge is 0.466 e. The zero-order valence-electron chi connectivity index (χ0n) is 9.25. The zero-order valence-corrected chi connectivity index (χ0v) is 13.4. The van der Waals surface area contributed by atoms with Crippen LogP contribution in [-0.4, -0.2) is 49.0 Å². The molecular formula is C4H5N2O10PS4. The first-order valence-electron chi connectivity index (χ1n) is 3.61. The Bertz CT molecular complexity index is 414. The van der Waals surface area contributed by atoms with E-state index in [4.69, 9.17) is 39.0 Å². The lowest BCUT2D eigenvalue weighted by atomic mass is 10.7. The molecule has 0 fully saturated rings. The third-order valence-electron chi connectivity index (χ3n) is 0.421. The van der Waals surface area contributed by atoms with Crippen molar-refractivity contribution in [2.45, 2.75) is 0 Å². The van der Waals surface area contributed by atoms with Gasteiger partial charge in [0, 0.05) is 19.7 Å². The largest absolute Gasteiger partial charge is 0.473 e. The molecule has 0 radical (unpaired) electrons. The molecule has 120 valence electrons. The molecule has 0 unspecified atom stereocenters. The fourth-order valence-corrected chi connectivity index (χ4v) is 3.11. The van der Waals surface area contributed by atoms with Crippen molar-refractivity contribution in [2.24, 2.45) is 8.80 Å². The number of carbonyl (C=O) groups excluding carboxylic acids is 2. The number of rotatable bonds is 5. The lowest BCUT2D eigenvalue weighted by Crippen LogP contribution is -2.09. The minimum atomic E-state index is -4.64. The van der Waals surface area contributed by atoms with E-state index in [0.717, 1.165) is 22.0 Å². The summed E-state index contributed by atoms with van der Waals surface area (Å²) in [6, 6.07) is 0. The highest BCUT2D eigenvalue weighted by Crippen LogP contribution is 2.43. The first-order valence-corrected chi connectivity index (χ1v) is 9.90. The van der Waals surface area contributed by atoms with Gasteiger partial charge in [-0.3, -0.25) is 0 Å². The summed E-state index contributed by atoms with van der Waals surface area (Å²) >= 11 is 0. The van der Waals surface area contributed by atoms with Crippen molar-refractivity contribution in [3.8, 4) is 0 Å². The molecule has 21 heavy (non-hydrogen) atoms. The number of carboxylic acid groups (broad SMARTS) is 2. The lowest BCUT2D eigenvalue weighted by Gasteiger charge is -1.82. The average molecular weight is 400 g/mol. The van der Waals surface area contributed by atoms with E-state index in [0.29, 0.717) is 0 Å². The van der Waals surface area contributed by atoms with Gasteiger partial charge < -0.3 is 24.9 Å². The van der Waals surface area contributed by atoms with Gasteiger partial charge in [0.1, 0.15) is 0 Å². The van der Waals surface area contributed by atoms with Crippen LogP contribution >= 0.6 is 49.4 Å². The number of hydrogen-bond acceptors (Lipinski definition) is 11. The number of aliphatic carboxylic acids is 2. The molecule has 0 saturated carbocycles. The highest BCUT2D eigenvalue weighted by atomic mass is 33.7. The maximum Gasteiger partial charge on any atom is 0.466 e. The minimum Gasteiger partial charge on any atom is -0.473 e. The van der Waals surface area contributed by atoms with E-state index in [1.807, 2.05) is 0 Å². The summed E-state index contributed by atoms with van der Waals surface area (Å²) in [6.45, 7) is 0. The Labute approximate surface area is 131 Å². The van der Waals surface area contributed by atoms with Gasteiger partial charge in [-0.25, -0.2) is 23.7 Å². The lowest BCUT2D eigenvalue weighted by molar-refractivity contribution is -0.159. The molecular weight excluding hydrogens is 395 g/mol. The molecule has 0 atom stereocenters. The summed E-state index contributed by atoms with van der Waals surface area (Å²) in [6.07, 6.45) is 2.69. The monoisotopic (exact) mass is 400 g/mol. The number of nitrogens with zero attached hydrogens (tertiary/aromatic N) is 2. The number of isocyanates is 2. The van der Waals surface area contributed by atoms with Crippen molar-refractivity contribution in [1.82, 2.24) is 0 Å². The van der Waals surface area contributed by atoms with E-state index in [9.17, 15) is 9.59 Å². The highest BCUT2D eigenvalue weighted by Gasteiger charge is 2.04. The predicted octanol–water partition coefficient (Wildman–Crippen LogP) is 0.393. The second-order valence-corrected chi connectivity index (χ2v) is 7.90. The Kier molecular flexibility index (Phi) is 20.7. The molecule has 0 aliphatic carbocycles. The van der Waals surface area contributed by atoms with Gasteiger partial charge in [0.05, 0.1) is 22.0 Å². The van der Waals surface area contributed by atoms with Crippen LogP contribution in [0.1, 0.15) is 0 Å². The number of carboxylic acids is 2. The Morgan fingerprint density at radius 1 is 0.857 bits per heavy atom. The Morgan fingerprint density at radius 2 is 1.10 bits per heavy atom. The van der Waals surface area contributed by atoms with Crippen LogP contribution in [0, 0.1) is 0 Å². The van der Waals surface area contributed by atoms with Crippen LogP contribution in [0.4, 0.5) is 0 Å². The Balaban J connectivity index is -0.000000252. The molecule has 5 N–H and O–H groups in total. The molecule has 17 heteroatoms. The van der Waals surface area contributed by atoms with E-state index in [1.165, 1.54) is 31.8 Å². The van der Waals surface area contributed by atoms with Crippen LogP contribution in [0.5, 0.6) is 0 Å². The molecule has 12 nitrogen and oxygen atoms in total. The number of carbonyl (C=O) groups is 2. The van der Waals surface area contributed by atoms with Crippen molar-refractivity contribution in [3.63, 3.8) is 0 Å². The first-order chi connectivity index (χ1) is 9.56. The second-order valence-electron chi connectivity index (χ2n) is 1.77. The molecule has 0 spiro atoms. The Hall–Kier alpha value is -0.790. The summed E-state index contributed by atoms with van der Waals surface area (Å²) in [5, 5.41) is 14.8. The van der Waals surface area contributed by atoms with Crippen molar-refractivity contribution in [1.29, 1.82) is 0 Å². The minimum absolute atomic E-state index is 0.974. The van der Waals surface area contributed by atoms with Gasteiger partial charge in [-0.1, -0.05) is 0 Å². The predicted molar refractivity (Wildman–Crippen MR) is 76.1 cm³/mol. The van der Waals surface area contributed by atoms with Crippen molar-refractivity contribution >= 4 is 73.5 Å². The van der Waals surface area contributed by atoms with Crippen LogP contribution in [-0.2, 0) is 23.7 Å². The van der Waals surface area contributed by atoms with E-state index >= 15 is 0 Å². The van der Waals surface area contributed by atoms with Gasteiger partial charge in [-0.05, 0) is 0 Å². The molecule has 0 saturated heterocycles.